The van der Waals surface area contributed by atoms with Crippen LogP contribution in [0.4, 0.5) is 0 Å². The maximum atomic E-state index is 11.9. The summed E-state index contributed by atoms with van der Waals surface area (Å²) < 4.78 is 0. The molecule has 23 heavy (non-hydrogen) atoms. The molecule has 132 valence electrons. The molecule has 2 atom stereocenters. The number of carbonyl (C=O) groups is 1. The Balaban J connectivity index is 1.71. The van der Waals surface area contributed by atoms with Gasteiger partial charge in [-0.2, -0.15) is 11.8 Å². The number of rotatable bonds is 7. The van der Waals surface area contributed by atoms with E-state index in [1.807, 2.05) is 11.8 Å². The van der Waals surface area contributed by atoms with E-state index < -0.39 is 0 Å². The van der Waals surface area contributed by atoms with Gasteiger partial charge in [-0.25, -0.2) is 0 Å². The van der Waals surface area contributed by atoms with E-state index in [1.54, 1.807) is 0 Å². The van der Waals surface area contributed by atoms with E-state index in [-0.39, 0.29) is 5.91 Å². The number of thioether (sulfide) groups is 1. The highest BCUT2D eigenvalue weighted by Gasteiger charge is 2.24. The van der Waals surface area contributed by atoms with Crippen molar-refractivity contribution in [2.45, 2.75) is 75.6 Å². The lowest BCUT2D eigenvalue weighted by molar-refractivity contribution is -0.121. The zero-order chi connectivity index (χ0) is 16.5. The van der Waals surface area contributed by atoms with Crippen molar-refractivity contribution in [2.24, 2.45) is 4.99 Å². The fraction of sp³-hybridized carbons (Fsp3) is 0.882. The number of guanidine groups is 1. The summed E-state index contributed by atoms with van der Waals surface area (Å²) in [5, 5.41) is 10.7. The third-order valence-electron chi connectivity index (χ3n) is 4.73. The average Bonchev–Trinajstić information content (AvgIpc) is 3.19. The Labute approximate surface area is 144 Å². The number of carbonyl (C=O) groups excluding carboxylic acids is 1. The van der Waals surface area contributed by atoms with Crippen LogP contribution in [0.15, 0.2) is 4.99 Å². The number of hydrogen-bond acceptors (Lipinski definition) is 3. The van der Waals surface area contributed by atoms with Gasteiger partial charge in [0.05, 0.1) is 6.54 Å². The third kappa shape index (κ3) is 6.61. The molecule has 0 saturated heterocycles. The molecule has 2 aliphatic carbocycles. The molecule has 0 heterocycles. The van der Waals surface area contributed by atoms with Crippen molar-refractivity contribution in [1.82, 2.24) is 16.0 Å². The standard InChI is InChI=1S/C17H32N4OS/c1-3-18-17(21-14-8-9-15(12-14)23-2)19-11-10-16(22)20-13-6-4-5-7-13/h13-15H,3-12H2,1-2H3,(H,20,22)(H2,18,19,21). The topological polar surface area (TPSA) is 65.5 Å². The van der Waals surface area contributed by atoms with Crippen LogP contribution >= 0.6 is 11.8 Å². The normalized spacial score (nSPS) is 25.6. The maximum absolute atomic E-state index is 11.9. The van der Waals surface area contributed by atoms with Crippen molar-refractivity contribution in [3.8, 4) is 0 Å². The lowest BCUT2D eigenvalue weighted by Gasteiger charge is -2.17. The van der Waals surface area contributed by atoms with Crippen molar-refractivity contribution in [3.63, 3.8) is 0 Å². The van der Waals surface area contributed by atoms with Crippen LogP contribution in [-0.4, -0.2) is 48.5 Å². The Bertz CT molecular complexity index is 396. The van der Waals surface area contributed by atoms with Gasteiger partial charge >= 0.3 is 0 Å². The second-order valence-corrected chi connectivity index (χ2v) is 7.71. The zero-order valence-electron chi connectivity index (χ0n) is 14.6. The summed E-state index contributed by atoms with van der Waals surface area (Å²) in [4.78, 5) is 16.5. The van der Waals surface area contributed by atoms with Gasteiger partial charge in [0.2, 0.25) is 5.91 Å². The molecule has 3 N–H and O–H groups in total. The molecule has 0 spiro atoms. The fourth-order valence-electron chi connectivity index (χ4n) is 3.44. The Kier molecular flexibility index (Phi) is 8.06. The minimum absolute atomic E-state index is 0.139. The van der Waals surface area contributed by atoms with Gasteiger partial charge in [-0.15, -0.1) is 0 Å². The fourth-order valence-corrected chi connectivity index (χ4v) is 4.23. The van der Waals surface area contributed by atoms with Gasteiger partial charge in [0.25, 0.3) is 0 Å². The van der Waals surface area contributed by atoms with Crippen molar-refractivity contribution in [3.05, 3.63) is 0 Å². The molecule has 0 radical (unpaired) electrons. The first-order valence-corrected chi connectivity index (χ1v) is 10.4. The number of nitrogens with zero attached hydrogens (tertiary/aromatic N) is 1. The maximum Gasteiger partial charge on any atom is 0.222 e. The predicted molar refractivity (Wildman–Crippen MR) is 99.1 cm³/mol. The van der Waals surface area contributed by atoms with Crippen LogP contribution in [0.1, 0.15) is 58.3 Å². The highest BCUT2D eigenvalue weighted by molar-refractivity contribution is 7.99. The highest BCUT2D eigenvalue weighted by atomic mass is 32.2. The number of hydrogen-bond donors (Lipinski definition) is 3. The Morgan fingerprint density at radius 3 is 2.57 bits per heavy atom. The van der Waals surface area contributed by atoms with E-state index in [1.165, 1.54) is 32.1 Å². The van der Waals surface area contributed by atoms with Crippen molar-refractivity contribution >= 4 is 23.6 Å². The van der Waals surface area contributed by atoms with Crippen molar-refractivity contribution in [1.29, 1.82) is 0 Å². The van der Waals surface area contributed by atoms with Gasteiger partial charge in [0.1, 0.15) is 0 Å². The smallest absolute Gasteiger partial charge is 0.222 e. The predicted octanol–water partition coefficient (Wildman–Crippen LogP) is 2.27. The van der Waals surface area contributed by atoms with E-state index in [0.717, 1.165) is 30.6 Å². The number of aliphatic imine (C=N–C) groups is 1. The van der Waals surface area contributed by atoms with Gasteiger partial charge in [0.15, 0.2) is 5.96 Å². The molecule has 2 unspecified atom stereocenters. The molecular formula is C17H32N4OS. The van der Waals surface area contributed by atoms with Crippen LogP contribution in [0.3, 0.4) is 0 Å². The molecule has 2 fully saturated rings. The number of nitrogens with one attached hydrogen (secondary N) is 3. The molecule has 2 aliphatic rings. The molecule has 0 aromatic carbocycles. The second kappa shape index (κ2) is 10.1. The SMILES string of the molecule is CCNC(=NCCC(=O)NC1CCCC1)NC1CCC(SC)C1. The summed E-state index contributed by atoms with van der Waals surface area (Å²) in [5.41, 5.74) is 0. The van der Waals surface area contributed by atoms with Gasteiger partial charge in [-0.1, -0.05) is 12.8 Å². The van der Waals surface area contributed by atoms with Gasteiger partial charge in [-0.3, -0.25) is 9.79 Å². The molecule has 0 bridgehead atoms. The van der Waals surface area contributed by atoms with Gasteiger partial charge < -0.3 is 16.0 Å². The summed E-state index contributed by atoms with van der Waals surface area (Å²) in [6, 6.07) is 0.914. The van der Waals surface area contributed by atoms with E-state index in [2.05, 4.69) is 34.1 Å². The average molecular weight is 341 g/mol. The monoisotopic (exact) mass is 340 g/mol. The molecule has 0 aromatic heterocycles. The minimum Gasteiger partial charge on any atom is -0.357 e. The van der Waals surface area contributed by atoms with Crippen LogP contribution in [0, 0.1) is 0 Å². The largest absolute Gasteiger partial charge is 0.357 e. The third-order valence-corrected chi connectivity index (χ3v) is 5.83. The first-order chi connectivity index (χ1) is 11.2. The molecular weight excluding hydrogens is 308 g/mol. The minimum atomic E-state index is 0.139. The molecule has 0 aromatic rings. The Morgan fingerprint density at radius 2 is 1.91 bits per heavy atom. The second-order valence-electron chi connectivity index (χ2n) is 6.57. The van der Waals surface area contributed by atoms with Crippen molar-refractivity contribution in [2.75, 3.05) is 19.3 Å². The lowest BCUT2D eigenvalue weighted by atomic mass is 10.2. The van der Waals surface area contributed by atoms with E-state index in [9.17, 15) is 4.79 Å². The van der Waals surface area contributed by atoms with E-state index in [0.29, 0.717) is 25.0 Å². The van der Waals surface area contributed by atoms with E-state index >= 15 is 0 Å². The van der Waals surface area contributed by atoms with Gasteiger partial charge in [-0.05, 0) is 45.3 Å². The molecule has 6 heteroatoms. The summed E-state index contributed by atoms with van der Waals surface area (Å²) in [5.74, 6) is 0.993. The van der Waals surface area contributed by atoms with Crippen LogP contribution in [0.2, 0.25) is 0 Å². The quantitative estimate of drug-likeness (QED) is 0.491. The highest BCUT2D eigenvalue weighted by Crippen LogP contribution is 2.28. The summed E-state index contributed by atoms with van der Waals surface area (Å²) >= 11 is 1.96. The van der Waals surface area contributed by atoms with Crippen LogP contribution in [0.5, 0.6) is 0 Å². The molecule has 2 saturated carbocycles. The first kappa shape index (κ1) is 18.4. The van der Waals surface area contributed by atoms with Crippen LogP contribution in [0.25, 0.3) is 0 Å². The molecule has 5 nitrogen and oxygen atoms in total. The summed E-state index contributed by atoms with van der Waals surface area (Å²) in [6.45, 7) is 3.47. The summed E-state index contributed by atoms with van der Waals surface area (Å²) in [7, 11) is 0. The van der Waals surface area contributed by atoms with E-state index in [4.69, 9.17) is 0 Å². The summed E-state index contributed by atoms with van der Waals surface area (Å²) in [6.07, 6.45) is 11.1. The molecule has 0 aliphatic heterocycles. The van der Waals surface area contributed by atoms with Crippen LogP contribution in [-0.2, 0) is 4.79 Å². The molecule has 2 rings (SSSR count). The van der Waals surface area contributed by atoms with Crippen LogP contribution < -0.4 is 16.0 Å². The zero-order valence-corrected chi connectivity index (χ0v) is 15.4. The van der Waals surface area contributed by atoms with Crippen molar-refractivity contribution < 1.29 is 4.79 Å². The molecule has 1 amide bonds. The lowest BCUT2D eigenvalue weighted by Crippen LogP contribution is -2.42. The number of amides is 1. The Hall–Kier alpha value is -0.910. The Morgan fingerprint density at radius 1 is 1.13 bits per heavy atom. The van der Waals surface area contributed by atoms with Gasteiger partial charge in [0, 0.05) is 30.3 Å². The first-order valence-electron chi connectivity index (χ1n) is 9.08.